The van der Waals surface area contributed by atoms with Gasteiger partial charge in [-0.05, 0) is 0 Å². The lowest BCUT2D eigenvalue weighted by Crippen LogP contribution is -2.23. The monoisotopic (exact) mass is 199 g/mol. The van der Waals surface area contributed by atoms with E-state index in [0.717, 1.165) is 6.20 Å². The van der Waals surface area contributed by atoms with Gasteiger partial charge in [0.2, 0.25) is 0 Å². The smallest absolute Gasteiger partial charge is 0.252 e. The molecule has 0 aliphatic rings. The molecule has 0 fully saturated rings. The molecule has 0 spiro atoms. The van der Waals surface area contributed by atoms with Gasteiger partial charge in [0.05, 0.1) is 0 Å². The maximum absolute atomic E-state index is 12.4. The van der Waals surface area contributed by atoms with Crippen LogP contribution in [0.4, 0.5) is 13.2 Å². The largest absolute Gasteiger partial charge is 0.433 e. The van der Waals surface area contributed by atoms with E-state index in [9.17, 15) is 13.2 Å². The van der Waals surface area contributed by atoms with Crippen LogP contribution in [0.1, 0.15) is 5.56 Å². The molecule has 0 N–H and O–H groups in total. The van der Waals surface area contributed by atoms with Crippen molar-refractivity contribution in [1.82, 2.24) is 0 Å². The van der Waals surface area contributed by atoms with Gasteiger partial charge >= 0.3 is 6.18 Å². The van der Waals surface area contributed by atoms with Gasteiger partial charge < -0.3 is 0 Å². The number of hydrogen-bond acceptors (Lipinski definition) is 1. The van der Waals surface area contributed by atoms with Crippen LogP contribution in [0.5, 0.6) is 0 Å². The van der Waals surface area contributed by atoms with E-state index in [4.69, 9.17) is 0 Å². The first-order valence-electron chi connectivity index (χ1n) is 3.87. The molecule has 0 saturated heterocycles. The maximum Gasteiger partial charge on any atom is 0.433 e. The minimum atomic E-state index is -4.45. The van der Waals surface area contributed by atoms with Gasteiger partial charge in [0.25, 0.3) is 0 Å². The third kappa shape index (κ3) is 2.45. The van der Waals surface area contributed by atoms with Gasteiger partial charge in [0, 0.05) is 11.8 Å². The Balaban J connectivity index is 3.15. The summed E-state index contributed by atoms with van der Waals surface area (Å²) in [5.41, 5.74) is -0.881. The molecule has 0 aliphatic carbocycles. The maximum atomic E-state index is 12.4. The Hall–Kier alpha value is -1.58. The summed E-state index contributed by atoms with van der Waals surface area (Å²) in [5, 5.41) is 0. The SMILES string of the molecule is C=CN=C(c1ccccc1)C(F)(F)F. The van der Waals surface area contributed by atoms with E-state index < -0.39 is 11.9 Å². The lowest BCUT2D eigenvalue weighted by Gasteiger charge is -2.09. The van der Waals surface area contributed by atoms with Crippen molar-refractivity contribution in [3.63, 3.8) is 0 Å². The Bertz CT molecular complexity index is 338. The third-order valence-corrected chi connectivity index (χ3v) is 1.54. The Kier molecular flexibility index (Phi) is 3.06. The van der Waals surface area contributed by atoms with Gasteiger partial charge in [0.1, 0.15) is 0 Å². The summed E-state index contributed by atoms with van der Waals surface area (Å²) in [4.78, 5) is 3.22. The first kappa shape index (κ1) is 10.5. The number of rotatable bonds is 2. The topological polar surface area (TPSA) is 12.4 Å². The molecule has 0 saturated carbocycles. The van der Waals surface area contributed by atoms with E-state index in [-0.39, 0.29) is 5.56 Å². The van der Waals surface area contributed by atoms with E-state index >= 15 is 0 Å². The van der Waals surface area contributed by atoms with Gasteiger partial charge in [-0.25, -0.2) is 0 Å². The molecule has 0 heterocycles. The van der Waals surface area contributed by atoms with Crippen molar-refractivity contribution in [1.29, 1.82) is 0 Å². The lowest BCUT2D eigenvalue weighted by atomic mass is 10.1. The number of nitrogens with zero attached hydrogens (tertiary/aromatic N) is 1. The molecule has 14 heavy (non-hydrogen) atoms. The molecule has 74 valence electrons. The fourth-order valence-electron chi connectivity index (χ4n) is 0.999. The van der Waals surface area contributed by atoms with Crippen molar-refractivity contribution in [2.24, 2.45) is 4.99 Å². The second-order valence-corrected chi connectivity index (χ2v) is 2.52. The number of aliphatic imine (C=N–C) groups is 1. The van der Waals surface area contributed by atoms with E-state index in [1.807, 2.05) is 0 Å². The van der Waals surface area contributed by atoms with Crippen LogP contribution in [0.25, 0.3) is 0 Å². The van der Waals surface area contributed by atoms with Gasteiger partial charge in [-0.15, -0.1) is 0 Å². The molecule has 0 aromatic heterocycles. The van der Waals surface area contributed by atoms with Crippen LogP contribution >= 0.6 is 0 Å². The first-order chi connectivity index (χ1) is 6.55. The van der Waals surface area contributed by atoms with Gasteiger partial charge in [-0.3, -0.25) is 4.99 Å². The minimum Gasteiger partial charge on any atom is -0.252 e. The zero-order chi connectivity index (χ0) is 10.6. The highest BCUT2D eigenvalue weighted by Gasteiger charge is 2.36. The zero-order valence-electron chi connectivity index (χ0n) is 7.25. The van der Waals surface area contributed by atoms with Gasteiger partial charge in [0.15, 0.2) is 5.71 Å². The van der Waals surface area contributed by atoms with Gasteiger partial charge in [-0.2, -0.15) is 13.2 Å². The van der Waals surface area contributed by atoms with Crippen molar-refractivity contribution < 1.29 is 13.2 Å². The molecule has 0 radical (unpaired) electrons. The van der Waals surface area contributed by atoms with Crippen LogP contribution in [-0.2, 0) is 0 Å². The first-order valence-corrected chi connectivity index (χ1v) is 3.87. The molecule has 1 rings (SSSR count). The van der Waals surface area contributed by atoms with E-state index in [0.29, 0.717) is 0 Å². The Morgan fingerprint density at radius 3 is 2.21 bits per heavy atom. The van der Waals surface area contributed by atoms with Crippen molar-refractivity contribution in [3.05, 3.63) is 48.7 Å². The Morgan fingerprint density at radius 2 is 1.79 bits per heavy atom. The molecule has 1 aromatic carbocycles. The van der Waals surface area contributed by atoms with E-state index in [1.54, 1.807) is 6.07 Å². The zero-order valence-corrected chi connectivity index (χ0v) is 7.25. The second kappa shape index (κ2) is 4.09. The van der Waals surface area contributed by atoms with E-state index in [2.05, 4.69) is 11.6 Å². The highest BCUT2D eigenvalue weighted by atomic mass is 19.4. The molecule has 0 aliphatic heterocycles. The third-order valence-electron chi connectivity index (χ3n) is 1.54. The summed E-state index contributed by atoms with van der Waals surface area (Å²) in [7, 11) is 0. The van der Waals surface area contributed by atoms with Crippen LogP contribution in [0.15, 0.2) is 48.1 Å². The van der Waals surface area contributed by atoms with E-state index in [1.165, 1.54) is 24.3 Å². The molecule has 0 atom stereocenters. The molecule has 1 nitrogen and oxygen atoms in total. The average Bonchev–Trinajstić information content (AvgIpc) is 2.14. The number of alkyl halides is 3. The van der Waals surface area contributed by atoms with Crippen molar-refractivity contribution >= 4 is 5.71 Å². The molecule has 0 bridgehead atoms. The predicted octanol–water partition coefficient (Wildman–Crippen LogP) is 3.18. The lowest BCUT2D eigenvalue weighted by molar-refractivity contribution is -0.0580. The fourth-order valence-corrected chi connectivity index (χ4v) is 0.999. The summed E-state index contributed by atoms with van der Waals surface area (Å²) >= 11 is 0. The minimum absolute atomic E-state index is 0.0416. The standard InChI is InChI=1S/C10H8F3N/c1-2-14-9(10(11,12)13)8-6-4-3-5-7-8/h2-7H,1H2. The summed E-state index contributed by atoms with van der Waals surface area (Å²) in [6, 6.07) is 7.41. The predicted molar refractivity (Wildman–Crippen MR) is 49.2 cm³/mol. The molecule has 0 amide bonds. The normalized spacial score (nSPS) is 12.6. The summed E-state index contributed by atoms with van der Waals surface area (Å²) in [6.07, 6.45) is -3.56. The van der Waals surface area contributed by atoms with Crippen LogP contribution in [0, 0.1) is 0 Å². The molecular formula is C10H8F3N. The van der Waals surface area contributed by atoms with Crippen LogP contribution < -0.4 is 0 Å². The number of halogens is 3. The summed E-state index contributed by atoms with van der Waals surface area (Å²) < 4.78 is 37.2. The Morgan fingerprint density at radius 1 is 1.21 bits per heavy atom. The quantitative estimate of drug-likeness (QED) is 0.648. The van der Waals surface area contributed by atoms with Crippen LogP contribution in [-0.4, -0.2) is 11.9 Å². The molecule has 1 aromatic rings. The average molecular weight is 199 g/mol. The number of benzene rings is 1. The summed E-state index contributed by atoms with van der Waals surface area (Å²) in [5.74, 6) is 0. The number of hydrogen-bond donors (Lipinski definition) is 0. The summed E-state index contributed by atoms with van der Waals surface area (Å²) in [6.45, 7) is 3.15. The van der Waals surface area contributed by atoms with Crippen molar-refractivity contribution in [2.45, 2.75) is 6.18 Å². The van der Waals surface area contributed by atoms with Gasteiger partial charge in [-0.1, -0.05) is 36.9 Å². The molecular weight excluding hydrogens is 191 g/mol. The van der Waals surface area contributed by atoms with Crippen molar-refractivity contribution in [3.8, 4) is 0 Å². The fraction of sp³-hybridized carbons (Fsp3) is 0.100. The second-order valence-electron chi connectivity index (χ2n) is 2.52. The Labute approximate surface area is 79.6 Å². The molecule has 4 heteroatoms. The van der Waals surface area contributed by atoms with Crippen LogP contribution in [0.2, 0.25) is 0 Å². The van der Waals surface area contributed by atoms with Crippen LogP contribution in [0.3, 0.4) is 0 Å². The highest BCUT2D eigenvalue weighted by Crippen LogP contribution is 2.22. The molecule has 0 unspecified atom stereocenters. The van der Waals surface area contributed by atoms with Crippen molar-refractivity contribution in [2.75, 3.05) is 0 Å². The highest BCUT2D eigenvalue weighted by molar-refractivity contribution is 6.04.